The van der Waals surface area contributed by atoms with Gasteiger partial charge in [-0.25, -0.2) is 4.98 Å². The second-order valence-electron chi connectivity index (χ2n) is 4.62. The number of hydrogen-bond acceptors (Lipinski definition) is 5. The Bertz CT molecular complexity index is 926. The van der Waals surface area contributed by atoms with Crippen molar-refractivity contribution < 1.29 is 4.74 Å². The Balaban J connectivity index is 1.73. The first-order chi connectivity index (χ1) is 10.3. The Hall–Kier alpha value is -2.11. The summed E-state index contributed by atoms with van der Waals surface area (Å²) in [5.74, 6) is 0.810. The highest BCUT2D eigenvalue weighted by atomic mass is 32.1. The zero-order valence-electron chi connectivity index (χ0n) is 11.3. The minimum absolute atomic E-state index is 0.810. The highest BCUT2D eigenvalue weighted by molar-refractivity contribution is 7.22. The van der Waals surface area contributed by atoms with E-state index in [1.165, 1.54) is 10.1 Å². The fraction of sp³-hybridized carbons (Fsp3) is 0.0625. The maximum atomic E-state index is 5.36. The fourth-order valence-electron chi connectivity index (χ4n) is 2.31. The monoisotopic (exact) mass is 312 g/mol. The van der Waals surface area contributed by atoms with Gasteiger partial charge in [0.05, 0.1) is 11.8 Å². The van der Waals surface area contributed by atoms with E-state index in [9.17, 15) is 0 Å². The van der Waals surface area contributed by atoms with E-state index in [-0.39, 0.29) is 0 Å². The number of rotatable bonds is 3. The summed E-state index contributed by atoms with van der Waals surface area (Å²) in [7, 11) is 1.67. The molecule has 0 radical (unpaired) electrons. The molecule has 104 valence electrons. The highest BCUT2D eigenvalue weighted by Crippen LogP contribution is 2.34. The summed E-state index contributed by atoms with van der Waals surface area (Å²) in [5.41, 5.74) is 1.96. The smallest absolute Gasteiger partial charge is 0.188 e. The standard InChI is InChI=1S/C16H12N2OS2/c1-19-12-3-2-4-14-15(12)18-16(21-14)17-11-5-6-13-10(9-11)7-8-20-13/h2-9H,1H3,(H,17,18). The van der Waals surface area contributed by atoms with Crippen LogP contribution in [0.5, 0.6) is 5.75 Å². The highest BCUT2D eigenvalue weighted by Gasteiger charge is 2.08. The lowest BCUT2D eigenvalue weighted by molar-refractivity contribution is 0.419. The van der Waals surface area contributed by atoms with Crippen LogP contribution in [-0.2, 0) is 0 Å². The number of nitrogens with zero attached hydrogens (tertiary/aromatic N) is 1. The largest absolute Gasteiger partial charge is 0.494 e. The molecule has 0 fully saturated rings. The van der Waals surface area contributed by atoms with Gasteiger partial charge in [-0.1, -0.05) is 17.4 Å². The minimum atomic E-state index is 0.810. The number of methoxy groups -OCH3 is 1. The van der Waals surface area contributed by atoms with Crippen LogP contribution in [0.1, 0.15) is 0 Å². The second-order valence-corrected chi connectivity index (χ2v) is 6.60. The van der Waals surface area contributed by atoms with E-state index in [1.54, 1.807) is 29.8 Å². The van der Waals surface area contributed by atoms with Crippen LogP contribution in [0.15, 0.2) is 47.8 Å². The molecule has 0 aliphatic rings. The summed E-state index contributed by atoms with van der Waals surface area (Å²) < 4.78 is 7.77. The van der Waals surface area contributed by atoms with Crippen molar-refractivity contribution in [3.63, 3.8) is 0 Å². The third kappa shape index (κ3) is 2.24. The number of anilines is 2. The van der Waals surface area contributed by atoms with Crippen LogP contribution < -0.4 is 10.1 Å². The van der Waals surface area contributed by atoms with Crippen molar-refractivity contribution in [1.82, 2.24) is 4.98 Å². The van der Waals surface area contributed by atoms with Gasteiger partial charge in [-0.15, -0.1) is 11.3 Å². The molecular formula is C16H12N2OS2. The van der Waals surface area contributed by atoms with Crippen molar-refractivity contribution in [3.8, 4) is 5.75 Å². The zero-order valence-corrected chi connectivity index (χ0v) is 12.9. The maximum Gasteiger partial charge on any atom is 0.188 e. The van der Waals surface area contributed by atoms with Gasteiger partial charge < -0.3 is 10.1 Å². The Kier molecular flexibility index (Phi) is 3.02. The number of benzene rings is 2. The van der Waals surface area contributed by atoms with Gasteiger partial charge in [0.1, 0.15) is 11.3 Å². The van der Waals surface area contributed by atoms with Crippen molar-refractivity contribution in [2.24, 2.45) is 0 Å². The first-order valence-electron chi connectivity index (χ1n) is 6.51. The predicted octanol–water partition coefficient (Wildman–Crippen LogP) is 5.26. The lowest BCUT2D eigenvalue weighted by Gasteiger charge is -2.02. The molecule has 0 spiro atoms. The molecule has 0 aliphatic heterocycles. The molecule has 5 heteroatoms. The molecule has 2 aromatic heterocycles. The van der Waals surface area contributed by atoms with Crippen LogP contribution in [0, 0.1) is 0 Å². The summed E-state index contributed by atoms with van der Waals surface area (Å²) in [5, 5.41) is 7.62. The molecule has 0 saturated carbocycles. The Morgan fingerprint density at radius 3 is 2.95 bits per heavy atom. The van der Waals surface area contributed by atoms with Crippen LogP contribution in [-0.4, -0.2) is 12.1 Å². The van der Waals surface area contributed by atoms with Gasteiger partial charge in [0, 0.05) is 10.4 Å². The normalized spacial score (nSPS) is 11.1. The average molecular weight is 312 g/mol. The van der Waals surface area contributed by atoms with Crippen molar-refractivity contribution in [1.29, 1.82) is 0 Å². The number of thiophene rings is 1. The van der Waals surface area contributed by atoms with Gasteiger partial charge in [-0.3, -0.25) is 0 Å². The van der Waals surface area contributed by atoms with Crippen molar-refractivity contribution in [2.75, 3.05) is 12.4 Å². The summed E-state index contributed by atoms with van der Waals surface area (Å²) in [4.78, 5) is 4.63. The molecule has 0 bridgehead atoms. The quantitative estimate of drug-likeness (QED) is 0.560. The first-order valence-corrected chi connectivity index (χ1v) is 8.21. The van der Waals surface area contributed by atoms with Gasteiger partial charge in [0.2, 0.25) is 0 Å². The first kappa shape index (κ1) is 12.6. The zero-order chi connectivity index (χ0) is 14.2. The van der Waals surface area contributed by atoms with E-state index < -0.39 is 0 Å². The topological polar surface area (TPSA) is 34.1 Å². The molecule has 2 aromatic carbocycles. The van der Waals surface area contributed by atoms with E-state index in [2.05, 4.69) is 46.0 Å². The third-order valence-electron chi connectivity index (χ3n) is 3.31. The SMILES string of the molecule is COc1cccc2sc(Nc3ccc4sccc4c3)nc12. The number of aromatic nitrogens is 1. The summed E-state index contributed by atoms with van der Waals surface area (Å²) in [6.07, 6.45) is 0. The molecule has 3 nitrogen and oxygen atoms in total. The number of hydrogen-bond donors (Lipinski definition) is 1. The summed E-state index contributed by atoms with van der Waals surface area (Å²) >= 11 is 3.38. The third-order valence-corrected chi connectivity index (χ3v) is 5.14. The van der Waals surface area contributed by atoms with Crippen molar-refractivity contribution in [3.05, 3.63) is 47.8 Å². The Morgan fingerprint density at radius 1 is 1.10 bits per heavy atom. The van der Waals surface area contributed by atoms with E-state index in [4.69, 9.17) is 4.74 Å². The molecular weight excluding hydrogens is 300 g/mol. The molecule has 0 unspecified atom stereocenters. The maximum absolute atomic E-state index is 5.36. The van der Waals surface area contributed by atoms with Gasteiger partial charge in [-0.2, -0.15) is 0 Å². The van der Waals surface area contributed by atoms with Crippen LogP contribution in [0.3, 0.4) is 0 Å². The Labute approximate surface area is 129 Å². The molecule has 2 heterocycles. The number of nitrogens with one attached hydrogen (secondary N) is 1. The molecule has 4 aromatic rings. The van der Waals surface area contributed by atoms with E-state index in [0.717, 1.165) is 26.8 Å². The van der Waals surface area contributed by atoms with Gasteiger partial charge >= 0.3 is 0 Å². The Morgan fingerprint density at radius 2 is 2.05 bits per heavy atom. The van der Waals surface area contributed by atoms with Crippen LogP contribution >= 0.6 is 22.7 Å². The molecule has 0 amide bonds. The van der Waals surface area contributed by atoms with E-state index in [1.807, 2.05) is 12.1 Å². The second kappa shape index (κ2) is 5.02. The van der Waals surface area contributed by atoms with Crippen LogP contribution in [0.25, 0.3) is 20.3 Å². The van der Waals surface area contributed by atoms with Crippen molar-refractivity contribution in [2.45, 2.75) is 0 Å². The molecule has 4 rings (SSSR count). The van der Waals surface area contributed by atoms with Crippen LogP contribution in [0.2, 0.25) is 0 Å². The molecule has 1 N–H and O–H groups in total. The summed E-state index contributed by atoms with van der Waals surface area (Å²) in [6.45, 7) is 0. The van der Waals surface area contributed by atoms with E-state index in [0.29, 0.717) is 0 Å². The molecule has 0 aliphatic carbocycles. The minimum Gasteiger partial charge on any atom is -0.494 e. The molecule has 0 saturated heterocycles. The number of para-hydroxylation sites is 1. The fourth-order valence-corrected chi connectivity index (χ4v) is 3.98. The van der Waals surface area contributed by atoms with Crippen LogP contribution in [0.4, 0.5) is 10.8 Å². The predicted molar refractivity (Wildman–Crippen MR) is 91.3 cm³/mol. The summed E-state index contributed by atoms with van der Waals surface area (Å²) in [6, 6.07) is 14.5. The van der Waals surface area contributed by atoms with Gasteiger partial charge in [0.15, 0.2) is 5.13 Å². The van der Waals surface area contributed by atoms with Gasteiger partial charge in [0.25, 0.3) is 0 Å². The molecule has 0 atom stereocenters. The lowest BCUT2D eigenvalue weighted by Crippen LogP contribution is -1.89. The van der Waals surface area contributed by atoms with Crippen molar-refractivity contribution >= 4 is 53.8 Å². The van der Waals surface area contributed by atoms with E-state index >= 15 is 0 Å². The number of fused-ring (bicyclic) bond motifs is 2. The molecule has 21 heavy (non-hydrogen) atoms. The number of ether oxygens (including phenoxy) is 1. The van der Waals surface area contributed by atoms with Gasteiger partial charge in [-0.05, 0) is 47.2 Å². The average Bonchev–Trinajstić information content (AvgIpc) is 3.11. The number of thiazole rings is 1. The lowest BCUT2D eigenvalue weighted by atomic mass is 10.2.